The fourth-order valence-electron chi connectivity index (χ4n) is 1.80. The van der Waals surface area contributed by atoms with E-state index in [-0.39, 0.29) is 39.1 Å². The van der Waals surface area contributed by atoms with Gasteiger partial charge < -0.3 is 37.4 Å². The van der Waals surface area contributed by atoms with E-state index in [1.165, 1.54) is 24.3 Å². The first-order valence-corrected chi connectivity index (χ1v) is 6.75. The van der Waals surface area contributed by atoms with E-state index in [1.807, 2.05) is 0 Å². The van der Waals surface area contributed by atoms with Gasteiger partial charge in [-0.05, 0) is 36.4 Å². The molecule has 0 aliphatic rings. The third kappa shape index (κ3) is 6.72. The molecule has 11 nitrogen and oxygen atoms in total. The predicted octanol–water partition coefficient (Wildman–Crippen LogP) is 0.506. The van der Waals surface area contributed by atoms with Crippen molar-refractivity contribution in [1.29, 1.82) is 0 Å². The molecule has 27 heavy (non-hydrogen) atoms. The lowest BCUT2D eigenvalue weighted by atomic mass is 10.1. The molecule has 0 aromatic heterocycles. The van der Waals surface area contributed by atoms with Crippen molar-refractivity contribution in [2.75, 3.05) is 11.5 Å². The Hall–Kier alpha value is -4.12. The Bertz CT molecular complexity index is 755. The van der Waals surface area contributed by atoms with Crippen LogP contribution in [0.25, 0.3) is 0 Å². The van der Waals surface area contributed by atoms with Gasteiger partial charge in [-0.25, -0.2) is 19.2 Å². The molecular weight excluding hydrogens is 364 g/mol. The Morgan fingerprint density at radius 2 is 0.704 bits per heavy atom. The Morgan fingerprint density at radius 1 is 0.519 bits per heavy atom. The van der Waals surface area contributed by atoms with E-state index in [9.17, 15) is 19.2 Å². The van der Waals surface area contributed by atoms with Crippen LogP contribution in [0.2, 0.25) is 0 Å². The van der Waals surface area contributed by atoms with Crippen LogP contribution in [0.4, 0.5) is 11.4 Å². The second-order valence-electron chi connectivity index (χ2n) is 4.91. The van der Waals surface area contributed by atoms with Gasteiger partial charge in [0.25, 0.3) is 0 Å². The summed E-state index contributed by atoms with van der Waals surface area (Å²) in [5.74, 6) is -4.80. The number of rotatable bonds is 4. The maximum atomic E-state index is 10.5. The molecular formula is C16H16N2O9. The van der Waals surface area contributed by atoms with Crippen molar-refractivity contribution in [2.45, 2.75) is 0 Å². The van der Waals surface area contributed by atoms with Gasteiger partial charge in [-0.15, -0.1) is 0 Å². The number of carboxylic acid groups (broad SMARTS) is 4. The van der Waals surface area contributed by atoms with E-state index in [1.54, 1.807) is 0 Å². The molecule has 0 radical (unpaired) electrons. The zero-order valence-electron chi connectivity index (χ0n) is 13.5. The van der Waals surface area contributed by atoms with Crippen LogP contribution in [0.15, 0.2) is 36.4 Å². The molecule has 10 N–H and O–H groups in total. The minimum Gasteiger partial charge on any atom is -0.478 e. The highest BCUT2D eigenvalue weighted by atomic mass is 16.4. The smallest absolute Gasteiger partial charge is 0.335 e. The minimum atomic E-state index is -1.20. The van der Waals surface area contributed by atoms with Gasteiger partial charge >= 0.3 is 23.9 Å². The lowest BCUT2D eigenvalue weighted by Gasteiger charge is -1.99. The molecule has 11 heteroatoms. The minimum absolute atomic E-state index is 0. The third-order valence-electron chi connectivity index (χ3n) is 2.90. The van der Waals surface area contributed by atoms with Crippen molar-refractivity contribution in [2.24, 2.45) is 0 Å². The van der Waals surface area contributed by atoms with Crippen LogP contribution in [0, 0.1) is 0 Å². The van der Waals surface area contributed by atoms with Crippen LogP contribution in [-0.4, -0.2) is 49.8 Å². The first-order valence-electron chi connectivity index (χ1n) is 6.75. The molecule has 0 aliphatic carbocycles. The number of hydrogen-bond acceptors (Lipinski definition) is 6. The molecule has 144 valence electrons. The summed E-state index contributed by atoms with van der Waals surface area (Å²) in [7, 11) is 0. The van der Waals surface area contributed by atoms with E-state index in [0.717, 1.165) is 12.1 Å². The zero-order chi connectivity index (χ0) is 20.0. The van der Waals surface area contributed by atoms with Crippen LogP contribution < -0.4 is 11.5 Å². The number of nitrogens with two attached hydrogens (primary N) is 2. The average molecular weight is 380 g/mol. The second kappa shape index (κ2) is 9.39. The third-order valence-corrected chi connectivity index (χ3v) is 2.90. The molecule has 2 rings (SSSR count). The zero-order valence-corrected chi connectivity index (χ0v) is 13.5. The van der Waals surface area contributed by atoms with Crippen molar-refractivity contribution in [3.8, 4) is 0 Å². The molecule has 0 unspecified atom stereocenters. The highest BCUT2D eigenvalue weighted by Crippen LogP contribution is 2.12. The van der Waals surface area contributed by atoms with E-state index in [2.05, 4.69) is 0 Å². The monoisotopic (exact) mass is 380 g/mol. The van der Waals surface area contributed by atoms with E-state index in [0.29, 0.717) is 0 Å². The Balaban J connectivity index is 0.000000483. The van der Waals surface area contributed by atoms with E-state index < -0.39 is 23.9 Å². The van der Waals surface area contributed by atoms with Gasteiger partial charge in [-0.1, -0.05) is 0 Å². The second-order valence-corrected chi connectivity index (χ2v) is 4.91. The normalized spacial score (nSPS) is 9.19. The highest BCUT2D eigenvalue weighted by molar-refractivity contribution is 5.96. The number of nitrogen functional groups attached to an aromatic ring is 2. The van der Waals surface area contributed by atoms with Gasteiger partial charge in [-0.2, -0.15) is 0 Å². The number of carboxylic acids is 4. The number of benzene rings is 2. The summed E-state index contributed by atoms with van der Waals surface area (Å²) in [5.41, 5.74) is 10.4. The highest BCUT2D eigenvalue weighted by Gasteiger charge is 2.10. The quantitative estimate of drug-likeness (QED) is 0.402. The fourth-order valence-corrected chi connectivity index (χ4v) is 1.80. The Morgan fingerprint density at radius 3 is 0.852 bits per heavy atom. The van der Waals surface area contributed by atoms with Crippen LogP contribution in [0.1, 0.15) is 41.4 Å². The van der Waals surface area contributed by atoms with Gasteiger partial charge in [0.1, 0.15) is 0 Å². The molecule has 0 aliphatic heterocycles. The van der Waals surface area contributed by atoms with Crippen molar-refractivity contribution in [1.82, 2.24) is 0 Å². The van der Waals surface area contributed by atoms with Gasteiger partial charge in [0.15, 0.2) is 0 Å². The SMILES string of the molecule is Nc1cc(C(=O)O)cc(C(=O)O)c1.Nc1cc(C(=O)O)cc(C(=O)O)c1.O. The molecule has 0 saturated heterocycles. The maximum Gasteiger partial charge on any atom is 0.335 e. The Kier molecular flexibility index (Phi) is 7.95. The van der Waals surface area contributed by atoms with Gasteiger partial charge in [0.2, 0.25) is 0 Å². The molecule has 0 amide bonds. The van der Waals surface area contributed by atoms with Crippen molar-refractivity contribution < 1.29 is 45.1 Å². The summed E-state index contributed by atoms with van der Waals surface area (Å²) in [5, 5.41) is 34.3. The lowest BCUT2D eigenvalue weighted by molar-refractivity contribution is 0.0676. The summed E-state index contributed by atoms with van der Waals surface area (Å²) >= 11 is 0. The molecule has 0 saturated carbocycles. The number of aromatic carboxylic acids is 4. The van der Waals surface area contributed by atoms with Crippen LogP contribution in [0.5, 0.6) is 0 Å². The maximum absolute atomic E-state index is 10.5. The summed E-state index contributed by atoms with van der Waals surface area (Å²) in [6, 6.07) is 6.93. The van der Waals surface area contributed by atoms with E-state index >= 15 is 0 Å². The molecule has 0 spiro atoms. The fraction of sp³-hybridized carbons (Fsp3) is 0. The topological polar surface area (TPSA) is 233 Å². The lowest BCUT2D eigenvalue weighted by Crippen LogP contribution is -2.03. The van der Waals surface area contributed by atoms with Gasteiger partial charge in [0, 0.05) is 11.4 Å². The summed E-state index contributed by atoms with van der Waals surface area (Å²) < 4.78 is 0. The van der Waals surface area contributed by atoms with Crippen molar-refractivity contribution in [3.63, 3.8) is 0 Å². The molecule has 2 aromatic rings. The largest absolute Gasteiger partial charge is 0.478 e. The average Bonchev–Trinajstić information content (AvgIpc) is 2.54. The van der Waals surface area contributed by atoms with Crippen LogP contribution in [-0.2, 0) is 0 Å². The molecule has 0 heterocycles. The molecule has 0 atom stereocenters. The van der Waals surface area contributed by atoms with Gasteiger partial charge in [0.05, 0.1) is 22.3 Å². The van der Waals surface area contributed by atoms with Crippen molar-refractivity contribution >= 4 is 35.3 Å². The number of anilines is 2. The summed E-state index contributed by atoms with van der Waals surface area (Å²) in [6.45, 7) is 0. The van der Waals surface area contributed by atoms with E-state index in [4.69, 9.17) is 31.9 Å². The van der Waals surface area contributed by atoms with Crippen LogP contribution >= 0.6 is 0 Å². The molecule has 2 aromatic carbocycles. The first-order chi connectivity index (χ1) is 12.0. The standard InChI is InChI=1S/2C8H7NO4.H2O/c2*9-6-2-4(7(10)11)1-5(3-6)8(12)13;/h2*1-3H,9H2,(H,10,11)(H,12,13);1H2. The number of carbonyl (C=O) groups is 4. The summed E-state index contributed by atoms with van der Waals surface area (Å²) in [6.07, 6.45) is 0. The predicted molar refractivity (Wildman–Crippen MR) is 93.2 cm³/mol. The van der Waals surface area contributed by atoms with Crippen molar-refractivity contribution in [3.05, 3.63) is 58.7 Å². The van der Waals surface area contributed by atoms with Crippen LogP contribution in [0.3, 0.4) is 0 Å². The molecule has 0 bridgehead atoms. The first kappa shape index (κ1) is 22.9. The van der Waals surface area contributed by atoms with Gasteiger partial charge in [-0.3, -0.25) is 0 Å². The summed E-state index contributed by atoms with van der Waals surface area (Å²) in [4.78, 5) is 41.9. The Labute approximate surface area is 151 Å². The number of hydrogen-bond donors (Lipinski definition) is 6. The molecule has 0 fully saturated rings.